The van der Waals surface area contributed by atoms with Crippen molar-refractivity contribution in [3.05, 3.63) is 21.4 Å². The summed E-state index contributed by atoms with van der Waals surface area (Å²) in [5.74, 6) is 0. The van der Waals surface area contributed by atoms with Crippen LogP contribution < -0.4 is 5.32 Å². The van der Waals surface area contributed by atoms with Crippen molar-refractivity contribution >= 4 is 23.7 Å². The van der Waals surface area contributed by atoms with E-state index in [1.165, 1.54) is 28.4 Å². The molecule has 0 spiro atoms. The Morgan fingerprint density at radius 3 is 2.35 bits per heavy atom. The molecular formula is C13H23ClN2S. The molecular weight excluding hydrogens is 252 g/mol. The normalized spacial score (nSPS) is 25.6. The van der Waals surface area contributed by atoms with E-state index in [2.05, 4.69) is 44.0 Å². The van der Waals surface area contributed by atoms with E-state index >= 15 is 0 Å². The Labute approximate surface area is 115 Å². The van der Waals surface area contributed by atoms with Gasteiger partial charge in [-0.2, -0.15) is 0 Å². The van der Waals surface area contributed by atoms with E-state index in [0.29, 0.717) is 12.1 Å². The lowest BCUT2D eigenvalue weighted by Crippen LogP contribution is -2.53. The standard InChI is InChI=1S/C13H22N2S.ClH/c1-9-6-15(7-10(2)14-9)8-13-5-11(3)16-12(13)4;/h5,9-10,14H,6-8H2,1-4H3;1H. The Bertz CT molecular complexity index is 354. The SMILES string of the molecule is Cc1cc(CN2CC(C)NC(C)C2)c(C)s1.Cl. The van der Waals surface area contributed by atoms with Crippen LogP contribution in [0.1, 0.15) is 29.2 Å². The van der Waals surface area contributed by atoms with Gasteiger partial charge in [0.1, 0.15) is 0 Å². The van der Waals surface area contributed by atoms with Gasteiger partial charge in [0.25, 0.3) is 0 Å². The zero-order chi connectivity index (χ0) is 11.7. The third-order valence-electron chi connectivity index (χ3n) is 3.17. The molecule has 1 N–H and O–H groups in total. The molecule has 4 heteroatoms. The maximum atomic E-state index is 3.58. The summed E-state index contributed by atoms with van der Waals surface area (Å²) in [4.78, 5) is 5.49. The summed E-state index contributed by atoms with van der Waals surface area (Å²) < 4.78 is 0. The molecule has 2 rings (SSSR count). The number of nitrogens with one attached hydrogen (secondary N) is 1. The van der Waals surface area contributed by atoms with Crippen LogP contribution in [0.15, 0.2) is 6.07 Å². The molecule has 17 heavy (non-hydrogen) atoms. The average molecular weight is 275 g/mol. The van der Waals surface area contributed by atoms with E-state index < -0.39 is 0 Å². The van der Waals surface area contributed by atoms with Gasteiger partial charge in [-0.05, 0) is 39.3 Å². The number of hydrogen-bond acceptors (Lipinski definition) is 3. The second kappa shape index (κ2) is 6.19. The van der Waals surface area contributed by atoms with Gasteiger partial charge < -0.3 is 5.32 Å². The summed E-state index contributed by atoms with van der Waals surface area (Å²) in [5, 5.41) is 3.58. The van der Waals surface area contributed by atoms with Crippen LogP contribution in [-0.2, 0) is 6.54 Å². The van der Waals surface area contributed by atoms with Crippen molar-refractivity contribution < 1.29 is 0 Å². The summed E-state index contributed by atoms with van der Waals surface area (Å²) in [6.45, 7) is 12.4. The number of rotatable bonds is 2. The molecule has 1 aliphatic heterocycles. The molecule has 0 bridgehead atoms. The third-order valence-corrected chi connectivity index (χ3v) is 4.18. The largest absolute Gasteiger partial charge is 0.309 e. The molecule has 2 atom stereocenters. The molecule has 2 nitrogen and oxygen atoms in total. The molecule has 2 heterocycles. The van der Waals surface area contributed by atoms with E-state index in [-0.39, 0.29) is 12.4 Å². The minimum atomic E-state index is 0. The molecule has 1 aliphatic rings. The summed E-state index contributed by atoms with van der Waals surface area (Å²) in [6.07, 6.45) is 0. The van der Waals surface area contributed by atoms with Gasteiger partial charge in [0.15, 0.2) is 0 Å². The second-order valence-electron chi connectivity index (χ2n) is 5.10. The maximum Gasteiger partial charge on any atom is 0.0246 e. The Kier molecular flexibility index (Phi) is 5.45. The highest BCUT2D eigenvalue weighted by atomic mass is 35.5. The molecule has 98 valence electrons. The lowest BCUT2D eigenvalue weighted by molar-refractivity contribution is 0.166. The van der Waals surface area contributed by atoms with Gasteiger partial charge in [-0.15, -0.1) is 23.7 Å². The molecule has 1 aromatic rings. The lowest BCUT2D eigenvalue weighted by atomic mass is 10.1. The van der Waals surface area contributed by atoms with Gasteiger partial charge in [0.05, 0.1) is 0 Å². The second-order valence-corrected chi connectivity index (χ2v) is 6.56. The Balaban J connectivity index is 0.00000144. The predicted octanol–water partition coefficient (Wildman–Crippen LogP) is 2.97. The predicted molar refractivity (Wildman–Crippen MR) is 78.4 cm³/mol. The van der Waals surface area contributed by atoms with Gasteiger partial charge in [-0.3, -0.25) is 4.90 Å². The third kappa shape index (κ3) is 3.95. The Morgan fingerprint density at radius 2 is 1.88 bits per heavy atom. The zero-order valence-corrected chi connectivity index (χ0v) is 12.8. The summed E-state index contributed by atoms with van der Waals surface area (Å²) in [6, 6.07) is 3.57. The van der Waals surface area contributed by atoms with Crippen molar-refractivity contribution in [3.8, 4) is 0 Å². The fraction of sp³-hybridized carbons (Fsp3) is 0.692. The molecule has 0 aromatic carbocycles. The number of hydrogen-bond donors (Lipinski definition) is 1. The van der Waals surface area contributed by atoms with Crippen LogP contribution in [-0.4, -0.2) is 30.1 Å². The first-order chi connectivity index (χ1) is 7.54. The van der Waals surface area contributed by atoms with Crippen LogP contribution in [0.25, 0.3) is 0 Å². The summed E-state index contributed by atoms with van der Waals surface area (Å²) in [5.41, 5.74) is 1.52. The van der Waals surface area contributed by atoms with Gasteiger partial charge in [0, 0.05) is 41.5 Å². The number of piperazine rings is 1. The molecule has 0 radical (unpaired) electrons. The van der Waals surface area contributed by atoms with Crippen LogP contribution in [0.3, 0.4) is 0 Å². The molecule has 0 amide bonds. The quantitative estimate of drug-likeness (QED) is 0.892. The molecule has 1 saturated heterocycles. The highest BCUT2D eigenvalue weighted by Crippen LogP contribution is 2.22. The van der Waals surface area contributed by atoms with Gasteiger partial charge >= 0.3 is 0 Å². The fourth-order valence-electron chi connectivity index (χ4n) is 2.65. The van der Waals surface area contributed by atoms with Crippen LogP contribution in [0.5, 0.6) is 0 Å². The van der Waals surface area contributed by atoms with Crippen molar-refractivity contribution in [2.24, 2.45) is 0 Å². The van der Waals surface area contributed by atoms with Gasteiger partial charge in [0.2, 0.25) is 0 Å². The summed E-state index contributed by atoms with van der Waals surface area (Å²) in [7, 11) is 0. The number of nitrogens with zero attached hydrogens (tertiary/aromatic N) is 1. The lowest BCUT2D eigenvalue weighted by Gasteiger charge is -2.36. The van der Waals surface area contributed by atoms with Crippen molar-refractivity contribution in [2.75, 3.05) is 13.1 Å². The van der Waals surface area contributed by atoms with Crippen LogP contribution >= 0.6 is 23.7 Å². The van der Waals surface area contributed by atoms with E-state index in [1.54, 1.807) is 0 Å². The van der Waals surface area contributed by atoms with E-state index in [1.807, 2.05) is 11.3 Å². The smallest absolute Gasteiger partial charge is 0.0246 e. The minimum absolute atomic E-state index is 0. The first-order valence-corrected chi connectivity index (χ1v) is 6.90. The van der Waals surface area contributed by atoms with E-state index in [4.69, 9.17) is 0 Å². The number of halogens is 1. The van der Waals surface area contributed by atoms with Crippen molar-refractivity contribution in [2.45, 2.75) is 46.3 Å². The first kappa shape index (κ1) is 15.0. The first-order valence-electron chi connectivity index (χ1n) is 6.09. The van der Waals surface area contributed by atoms with Crippen molar-refractivity contribution in [3.63, 3.8) is 0 Å². The van der Waals surface area contributed by atoms with E-state index in [0.717, 1.165) is 6.54 Å². The minimum Gasteiger partial charge on any atom is -0.309 e. The maximum absolute atomic E-state index is 3.58. The number of thiophene rings is 1. The van der Waals surface area contributed by atoms with Gasteiger partial charge in [-0.25, -0.2) is 0 Å². The Morgan fingerprint density at radius 1 is 1.29 bits per heavy atom. The summed E-state index contributed by atoms with van der Waals surface area (Å²) >= 11 is 1.92. The van der Waals surface area contributed by atoms with Crippen molar-refractivity contribution in [1.82, 2.24) is 10.2 Å². The number of aryl methyl sites for hydroxylation is 2. The van der Waals surface area contributed by atoms with Gasteiger partial charge in [-0.1, -0.05) is 0 Å². The molecule has 1 aromatic heterocycles. The average Bonchev–Trinajstić information content (AvgIpc) is 2.43. The topological polar surface area (TPSA) is 15.3 Å². The molecule has 2 unspecified atom stereocenters. The van der Waals surface area contributed by atoms with Crippen molar-refractivity contribution in [1.29, 1.82) is 0 Å². The van der Waals surface area contributed by atoms with E-state index in [9.17, 15) is 0 Å². The molecule has 0 aliphatic carbocycles. The van der Waals surface area contributed by atoms with Crippen LogP contribution in [0, 0.1) is 13.8 Å². The monoisotopic (exact) mass is 274 g/mol. The fourth-order valence-corrected chi connectivity index (χ4v) is 3.59. The highest BCUT2D eigenvalue weighted by Gasteiger charge is 2.21. The molecule has 1 fully saturated rings. The molecule has 0 saturated carbocycles. The highest BCUT2D eigenvalue weighted by molar-refractivity contribution is 7.12. The van der Waals surface area contributed by atoms with Crippen LogP contribution in [0.4, 0.5) is 0 Å². The Hall–Kier alpha value is -0.0900. The van der Waals surface area contributed by atoms with Crippen LogP contribution in [0.2, 0.25) is 0 Å². The zero-order valence-electron chi connectivity index (χ0n) is 11.1.